The molecule has 0 saturated carbocycles. The molecule has 1 N–H and O–H groups in total. The van der Waals surface area contributed by atoms with Crippen molar-refractivity contribution in [2.75, 3.05) is 12.4 Å². The van der Waals surface area contributed by atoms with E-state index in [0.29, 0.717) is 22.7 Å². The largest absolute Gasteiger partial charge is 0.493 e. The number of carbonyl (C=O) groups is 1. The normalized spacial score (nSPS) is 11.1. The summed E-state index contributed by atoms with van der Waals surface area (Å²) in [5, 5.41) is 2.84. The zero-order chi connectivity index (χ0) is 23.7. The van der Waals surface area contributed by atoms with Crippen LogP contribution in [0.15, 0.2) is 77.9 Å². The molecule has 0 aliphatic heterocycles. The maximum absolute atomic E-state index is 12.8. The highest BCUT2D eigenvalue weighted by atomic mass is 16.5. The van der Waals surface area contributed by atoms with E-state index in [4.69, 9.17) is 9.47 Å². The highest BCUT2D eigenvalue weighted by Gasteiger charge is 2.15. The van der Waals surface area contributed by atoms with Crippen molar-refractivity contribution in [2.24, 2.45) is 7.05 Å². The summed E-state index contributed by atoms with van der Waals surface area (Å²) in [6, 6.07) is 18.3. The van der Waals surface area contributed by atoms with Gasteiger partial charge in [-0.1, -0.05) is 18.2 Å². The maximum atomic E-state index is 12.8. The van der Waals surface area contributed by atoms with E-state index in [0.717, 1.165) is 16.9 Å². The number of carbonyl (C=O) groups excluding carboxylic acids is 1. The monoisotopic (exact) mass is 457 g/mol. The number of aromatic nitrogens is 4. The van der Waals surface area contributed by atoms with Crippen molar-refractivity contribution in [1.82, 2.24) is 18.5 Å². The zero-order valence-corrected chi connectivity index (χ0v) is 18.8. The summed E-state index contributed by atoms with van der Waals surface area (Å²) in [6.45, 7) is 0.129. The molecule has 0 aliphatic rings. The fourth-order valence-electron chi connectivity index (χ4n) is 3.94. The van der Waals surface area contributed by atoms with E-state index in [2.05, 4.69) is 10.3 Å². The first-order chi connectivity index (χ1) is 16.5. The van der Waals surface area contributed by atoms with Crippen molar-refractivity contribution in [3.8, 4) is 11.5 Å². The number of nitrogens with one attached hydrogen (secondary N) is 1. The average molecular weight is 457 g/mol. The Hall–Kier alpha value is -4.53. The van der Waals surface area contributed by atoms with Gasteiger partial charge in [-0.25, -0.2) is 9.78 Å². The van der Waals surface area contributed by atoms with Gasteiger partial charge < -0.3 is 19.2 Å². The molecule has 3 heterocycles. The molecule has 0 aliphatic carbocycles. The summed E-state index contributed by atoms with van der Waals surface area (Å²) in [4.78, 5) is 29.9. The molecule has 0 saturated heterocycles. The Bertz CT molecular complexity index is 1530. The molecule has 3 aromatic heterocycles. The van der Waals surface area contributed by atoms with Crippen molar-refractivity contribution in [2.45, 2.75) is 13.2 Å². The number of hydrogen-bond acceptors (Lipinski definition) is 5. The number of hydrogen-bond donors (Lipinski definition) is 1. The van der Waals surface area contributed by atoms with E-state index in [1.54, 1.807) is 32.4 Å². The van der Waals surface area contributed by atoms with Crippen molar-refractivity contribution < 1.29 is 14.3 Å². The Morgan fingerprint density at radius 2 is 1.82 bits per heavy atom. The van der Waals surface area contributed by atoms with E-state index in [1.165, 1.54) is 9.13 Å². The van der Waals surface area contributed by atoms with Crippen LogP contribution in [0.3, 0.4) is 0 Å². The van der Waals surface area contributed by atoms with E-state index >= 15 is 0 Å². The third-order valence-corrected chi connectivity index (χ3v) is 5.59. The minimum absolute atomic E-state index is 0.107. The molecular weight excluding hydrogens is 434 g/mol. The Morgan fingerprint density at radius 3 is 2.62 bits per heavy atom. The first-order valence-electron chi connectivity index (χ1n) is 10.7. The molecule has 0 unspecified atom stereocenters. The van der Waals surface area contributed by atoms with Gasteiger partial charge in [-0.05, 0) is 36.4 Å². The van der Waals surface area contributed by atoms with Gasteiger partial charge in [-0.15, -0.1) is 0 Å². The third-order valence-electron chi connectivity index (χ3n) is 5.59. The second-order valence-corrected chi connectivity index (χ2v) is 7.82. The SMILES string of the molecule is COc1ccc(NC(=O)Cn2c(=O)n(C)c3ccccc32)cc1OCc1cn2ccccc2n1. The second-order valence-electron chi connectivity index (χ2n) is 7.82. The van der Waals surface area contributed by atoms with Gasteiger partial charge in [-0.2, -0.15) is 0 Å². The summed E-state index contributed by atoms with van der Waals surface area (Å²) in [6.07, 6.45) is 3.82. The van der Waals surface area contributed by atoms with Gasteiger partial charge in [0.2, 0.25) is 5.91 Å². The molecular formula is C25H23N5O4. The van der Waals surface area contributed by atoms with Crippen molar-refractivity contribution in [3.63, 3.8) is 0 Å². The molecule has 0 atom stereocenters. The topological polar surface area (TPSA) is 91.8 Å². The summed E-state index contributed by atoms with van der Waals surface area (Å²) in [5.74, 6) is 0.682. The smallest absolute Gasteiger partial charge is 0.329 e. The molecule has 34 heavy (non-hydrogen) atoms. The lowest BCUT2D eigenvalue weighted by Crippen LogP contribution is -2.28. The number of pyridine rings is 1. The lowest BCUT2D eigenvalue weighted by atomic mass is 10.2. The quantitative estimate of drug-likeness (QED) is 0.405. The molecule has 0 fully saturated rings. The van der Waals surface area contributed by atoms with E-state index in [-0.39, 0.29) is 24.7 Å². The Morgan fingerprint density at radius 1 is 1.03 bits per heavy atom. The first kappa shape index (κ1) is 21.3. The summed E-state index contributed by atoms with van der Waals surface area (Å²) in [5.41, 5.74) is 3.35. The Balaban J connectivity index is 1.32. The number of imidazole rings is 2. The molecule has 0 bridgehead atoms. The third kappa shape index (κ3) is 3.99. The molecule has 2 aromatic carbocycles. The van der Waals surface area contributed by atoms with Crippen LogP contribution in [0.2, 0.25) is 0 Å². The summed E-state index contributed by atoms with van der Waals surface area (Å²) >= 11 is 0. The number of anilines is 1. The predicted octanol–water partition coefficient (Wildman–Crippen LogP) is 3.21. The number of rotatable bonds is 7. The number of amides is 1. The summed E-state index contributed by atoms with van der Waals surface area (Å²) < 4.78 is 16.3. The maximum Gasteiger partial charge on any atom is 0.329 e. The van der Waals surface area contributed by atoms with Crippen LogP contribution in [0.1, 0.15) is 5.69 Å². The van der Waals surface area contributed by atoms with Crippen LogP contribution in [0.5, 0.6) is 11.5 Å². The van der Waals surface area contributed by atoms with Crippen LogP contribution < -0.4 is 20.5 Å². The first-order valence-corrected chi connectivity index (χ1v) is 10.7. The second kappa shape index (κ2) is 8.78. The van der Waals surface area contributed by atoms with Crippen LogP contribution in [0.25, 0.3) is 16.7 Å². The van der Waals surface area contributed by atoms with Gasteiger partial charge in [0.05, 0.1) is 23.8 Å². The van der Waals surface area contributed by atoms with Crippen LogP contribution in [0.4, 0.5) is 5.69 Å². The van der Waals surface area contributed by atoms with Crippen LogP contribution in [0, 0.1) is 0 Å². The lowest BCUT2D eigenvalue weighted by Gasteiger charge is -2.12. The molecule has 5 aromatic rings. The van der Waals surface area contributed by atoms with Crippen LogP contribution in [-0.2, 0) is 25.0 Å². The Kier molecular flexibility index (Phi) is 5.51. The number of nitrogens with zero attached hydrogens (tertiary/aromatic N) is 4. The number of benzene rings is 2. The zero-order valence-electron chi connectivity index (χ0n) is 18.8. The summed E-state index contributed by atoms with van der Waals surface area (Å²) in [7, 11) is 3.24. The lowest BCUT2D eigenvalue weighted by molar-refractivity contribution is -0.116. The molecule has 9 nitrogen and oxygen atoms in total. The number of methoxy groups -OCH3 is 1. The predicted molar refractivity (Wildman–Crippen MR) is 128 cm³/mol. The molecule has 5 rings (SSSR count). The molecule has 1 amide bonds. The van der Waals surface area contributed by atoms with Gasteiger partial charge in [0, 0.05) is 31.2 Å². The highest BCUT2D eigenvalue weighted by Crippen LogP contribution is 2.31. The van der Waals surface area contributed by atoms with Crippen molar-refractivity contribution in [1.29, 1.82) is 0 Å². The highest BCUT2D eigenvalue weighted by molar-refractivity contribution is 5.92. The molecule has 9 heteroatoms. The Labute approximate surface area is 194 Å². The van der Waals surface area contributed by atoms with Gasteiger partial charge in [0.25, 0.3) is 0 Å². The molecule has 0 spiro atoms. The fourth-order valence-corrected chi connectivity index (χ4v) is 3.94. The van der Waals surface area contributed by atoms with Crippen LogP contribution in [-0.4, -0.2) is 31.5 Å². The number of fused-ring (bicyclic) bond motifs is 2. The number of para-hydroxylation sites is 2. The van der Waals surface area contributed by atoms with Gasteiger partial charge >= 0.3 is 5.69 Å². The number of ether oxygens (including phenoxy) is 2. The molecule has 172 valence electrons. The fraction of sp³-hybridized carbons (Fsp3) is 0.160. The van der Waals surface area contributed by atoms with Crippen molar-refractivity contribution in [3.05, 3.63) is 89.2 Å². The van der Waals surface area contributed by atoms with E-state index in [1.807, 2.05) is 59.3 Å². The van der Waals surface area contributed by atoms with E-state index in [9.17, 15) is 9.59 Å². The average Bonchev–Trinajstić information content (AvgIpc) is 3.37. The van der Waals surface area contributed by atoms with Gasteiger partial charge in [0.1, 0.15) is 18.8 Å². The minimum Gasteiger partial charge on any atom is -0.493 e. The van der Waals surface area contributed by atoms with Gasteiger partial charge in [0.15, 0.2) is 11.5 Å². The molecule has 0 radical (unpaired) electrons. The van der Waals surface area contributed by atoms with Crippen molar-refractivity contribution >= 4 is 28.3 Å². The number of aryl methyl sites for hydroxylation is 1. The van der Waals surface area contributed by atoms with Gasteiger partial charge in [-0.3, -0.25) is 13.9 Å². The standard InChI is InChI=1S/C25H23N5O4/c1-28-19-7-3-4-8-20(19)30(25(28)32)15-24(31)27-17-10-11-21(33-2)22(13-17)34-16-18-14-29-12-6-5-9-23(29)26-18/h3-14H,15-16H2,1-2H3,(H,27,31). The minimum atomic E-state index is -0.324. The van der Waals surface area contributed by atoms with Crippen LogP contribution >= 0.6 is 0 Å². The van der Waals surface area contributed by atoms with E-state index < -0.39 is 0 Å².